The Bertz CT molecular complexity index is 264. The van der Waals surface area contributed by atoms with Crippen LogP contribution in [0.2, 0.25) is 0 Å². The lowest BCUT2D eigenvalue weighted by Gasteiger charge is -2.44. The number of hydrogen-bond donors (Lipinski definition) is 1. The first-order chi connectivity index (χ1) is 9.39. The minimum Gasteiger partial charge on any atom is -0.381 e. The average molecular weight is 266 g/mol. The average Bonchev–Trinajstić information content (AvgIpc) is 3.12. The Morgan fingerprint density at radius 2 is 1.84 bits per heavy atom. The van der Waals surface area contributed by atoms with Crippen molar-refractivity contribution >= 4 is 0 Å². The molecule has 1 atom stereocenters. The molecule has 1 aliphatic carbocycles. The molecule has 1 saturated carbocycles. The van der Waals surface area contributed by atoms with E-state index >= 15 is 0 Å². The third-order valence-corrected chi connectivity index (χ3v) is 5.47. The van der Waals surface area contributed by atoms with Crippen LogP contribution in [-0.2, 0) is 4.74 Å². The molecule has 0 aromatic rings. The van der Waals surface area contributed by atoms with Crippen molar-refractivity contribution in [1.82, 2.24) is 10.2 Å². The molecule has 0 bridgehead atoms. The molecule has 2 saturated heterocycles. The molecule has 3 heteroatoms. The molecular formula is C16H30N2O. The van der Waals surface area contributed by atoms with Crippen LogP contribution in [-0.4, -0.2) is 49.8 Å². The second kappa shape index (κ2) is 6.55. The summed E-state index contributed by atoms with van der Waals surface area (Å²) in [6.07, 6.45) is 11.2. The summed E-state index contributed by atoms with van der Waals surface area (Å²) in [4.78, 5) is 2.82. The molecule has 0 radical (unpaired) electrons. The molecule has 1 N–H and O–H groups in total. The van der Waals surface area contributed by atoms with Crippen molar-refractivity contribution < 1.29 is 4.74 Å². The number of likely N-dealkylation sites (tertiary alicyclic amines) is 1. The molecule has 1 unspecified atom stereocenters. The van der Waals surface area contributed by atoms with Crippen LogP contribution in [0.3, 0.4) is 0 Å². The normalized spacial score (nSPS) is 31.9. The Balaban J connectivity index is 1.50. The minimum atomic E-state index is 0.500. The molecule has 0 spiro atoms. The van der Waals surface area contributed by atoms with Crippen molar-refractivity contribution in [3.05, 3.63) is 0 Å². The van der Waals surface area contributed by atoms with E-state index in [9.17, 15) is 0 Å². The molecule has 3 fully saturated rings. The topological polar surface area (TPSA) is 24.5 Å². The number of hydrogen-bond acceptors (Lipinski definition) is 3. The van der Waals surface area contributed by atoms with Gasteiger partial charge in [0, 0.05) is 25.2 Å². The van der Waals surface area contributed by atoms with Gasteiger partial charge in [-0.05, 0) is 51.1 Å². The zero-order valence-electron chi connectivity index (χ0n) is 12.3. The summed E-state index contributed by atoms with van der Waals surface area (Å²) in [5, 5.41) is 3.79. The van der Waals surface area contributed by atoms with Gasteiger partial charge >= 0.3 is 0 Å². The molecular weight excluding hydrogens is 236 g/mol. The van der Waals surface area contributed by atoms with E-state index in [0.717, 1.165) is 25.7 Å². The van der Waals surface area contributed by atoms with E-state index in [1.165, 1.54) is 71.0 Å². The zero-order chi connectivity index (χ0) is 13.0. The molecule has 0 aromatic heterocycles. The number of nitrogens with one attached hydrogen (secondary N) is 1. The lowest BCUT2D eigenvalue weighted by atomic mass is 9.92. The first-order valence-electron chi connectivity index (χ1n) is 8.43. The predicted molar refractivity (Wildman–Crippen MR) is 78.4 cm³/mol. The fourth-order valence-corrected chi connectivity index (χ4v) is 4.26. The van der Waals surface area contributed by atoms with Crippen molar-refractivity contribution in [3.63, 3.8) is 0 Å². The number of nitrogens with zero attached hydrogens (tertiary/aromatic N) is 1. The van der Waals surface area contributed by atoms with Crippen LogP contribution < -0.4 is 5.32 Å². The Kier molecular flexibility index (Phi) is 4.78. The zero-order valence-corrected chi connectivity index (χ0v) is 12.3. The van der Waals surface area contributed by atoms with E-state index in [2.05, 4.69) is 10.2 Å². The number of rotatable bonds is 5. The summed E-state index contributed by atoms with van der Waals surface area (Å²) in [7, 11) is 0. The Morgan fingerprint density at radius 1 is 1.05 bits per heavy atom. The third kappa shape index (κ3) is 3.32. The van der Waals surface area contributed by atoms with Crippen molar-refractivity contribution in [1.29, 1.82) is 0 Å². The minimum absolute atomic E-state index is 0.500. The highest BCUT2D eigenvalue weighted by Crippen LogP contribution is 2.36. The van der Waals surface area contributed by atoms with Gasteiger partial charge in [0.05, 0.1) is 6.61 Å². The highest BCUT2D eigenvalue weighted by atomic mass is 16.5. The molecule has 0 aromatic carbocycles. The van der Waals surface area contributed by atoms with Gasteiger partial charge in [-0.1, -0.05) is 19.3 Å². The Labute approximate surface area is 118 Å². The summed E-state index contributed by atoms with van der Waals surface area (Å²) >= 11 is 0. The first-order valence-corrected chi connectivity index (χ1v) is 8.43. The molecule has 2 aliphatic heterocycles. The first kappa shape index (κ1) is 13.8. The van der Waals surface area contributed by atoms with Crippen LogP contribution in [0.25, 0.3) is 0 Å². The van der Waals surface area contributed by atoms with E-state index in [4.69, 9.17) is 4.74 Å². The molecule has 0 amide bonds. The van der Waals surface area contributed by atoms with Crippen LogP contribution in [0, 0.1) is 5.92 Å². The standard InChI is InChI=1S/C16H30N2O/c1-4-9-18(10-5-1)16(7-2-3-8-16)14-17-12-15-6-11-19-13-15/h15,17H,1-14H2. The summed E-state index contributed by atoms with van der Waals surface area (Å²) in [5.41, 5.74) is 0.500. The maximum Gasteiger partial charge on any atom is 0.0507 e. The molecule has 3 nitrogen and oxygen atoms in total. The molecule has 3 rings (SSSR count). The van der Waals surface area contributed by atoms with Crippen LogP contribution in [0.1, 0.15) is 51.4 Å². The van der Waals surface area contributed by atoms with Gasteiger partial charge in [0.15, 0.2) is 0 Å². The molecule has 19 heavy (non-hydrogen) atoms. The van der Waals surface area contributed by atoms with Crippen molar-refractivity contribution in [2.24, 2.45) is 5.92 Å². The van der Waals surface area contributed by atoms with E-state index in [0.29, 0.717) is 5.54 Å². The van der Waals surface area contributed by atoms with Crippen LogP contribution in [0.15, 0.2) is 0 Å². The number of ether oxygens (including phenoxy) is 1. The summed E-state index contributed by atoms with van der Waals surface area (Å²) < 4.78 is 5.47. The van der Waals surface area contributed by atoms with Gasteiger partial charge in [0.2, 0.25) is 0 Å². The van der Waals surface area contributed by atoms with Crippen molar-refractivity contribution in [2.45, 2.75) is 56.9 Å². The van der Waals surface area contributed by atoms with Crippen molar-refractivity contribution in [3.8, 4) is 0 Å². The summed E-state index contributed by atoms with van der Waals surface area (Å²) in [6, 6.07) is 0. The largest absolute Gasteiger partial charge is 0.381 e. The van der Waals surface area contributed by atoms with Gasteiger partial charge in [0.1, 0.15) is 0 Å². The Morgan fingerprint density at radius 3 is 2.53 bits per heavy atom. The second-order valence-electron chi connectivity index (χ2n) is 6.84. The highest BCUT2D eigenvalue weighted by Gasteiger charge is 2.39. The smallest absolute Gasteiger partial charge is 0.0507 e. The van der Waals surface area contributed by atoms with E-state index < -0.39 is 0 Å². The van der Waals surface area contributed by atoms with E-state index in [1.54, 1.807) is 0 Å². The van der Waals surface area contributed by atoms with Crippen molar-refractivity contribution in [2.75, 3.05) is 39.4 Å². The Hall–Kier alpha value is -0.120. The molecule has 2 heterocycles. The van der Waals surface area contributed by atoms with Gasteiger partial charge in [-0.15, -0.1) is 0 Å². The maximum atomic E-state index is 5.47. The van der Waals surface area contributed by atoms with Gasteiger partial charge in [-0.2, -0.15) is 0 Å². The van der Waals surface area contributed by atoms with Gasteiger partial charge in [-0.25, -0.2) is 0 Å². The predicted octanol–water partition coefficient (Wildman–Crippen LogP) is 2.41. The van der Waals surface area contributed by atoms with Crippen LogP contribution in [0.5, 0.6) is 0 Å². The van der Waals surface area contributed by atoms with E-state index in [-0.39, 0.29) is 0 Å². The fourth-order valence-electron chi connectivity index (χ4n) is 4.26. The monoisotopic (exact) mass is 266 g/mol. The summed E-state index contributed by atoms with van der Waals surface area (Å²) in [5.74, 6) is 0.764. The highest BCUT2D eigenvalue weighted by molar-refractivity contribution is 4.97. The van der Waals surface area contributed by atoms with Gasteiger partial charge in [-0.3, -0.25) is 4.90 Å². The van der Waals surface area contributed by atoms with Crippen LogP contribution >= 0.6 is 0 Å². The maximum absolute atomic E-state index is 5.47. The fraction of sp³-hybridized carbons (Fsp3) is 1.00. The van der Waals surface area contributed by atoms with Crippen LogP contribution in [0.4, 0.5) is 0 Å². The lowest BCUT2D eigenvalue weighted by Crippen LogP contribution is -2.55. The second-order valence-corrected chi connectivity index (χ2v) is 6.84. The van der Waals surface area contributed by atoms with Gasteiger partial charge < -0.3 is 10.1 Å². The van der Waals surface area contributed by atoms with Gasteiger partial charge in [0.25, 0.3) is 0 Å². The third-order valence-electron chi connectivity index (χ3n) is 5.47. The lowest BCUT2D eigenvalue weighted by molar-refractivity contribution is 0.0688. The van der Waals surface area contributed by atoms with E-state index in [1.807, 2.05) is 0 Å². The molecule has 110 valence electrons. The molecule has 3 aliphatic rings. The number of piperidine rings is 1. The quantitative estimate of drug-likeness (QED) is 0.827. The summed E-state index contributed by atoms with van der Waals surface area (Å²) in [6.45, 7) is 7.01. The SMILES string of the molecule is C1CCN(C2(CNCC3CCOC3)CCCC2)CC1.